The van der Waals surface area contributed by atoms with Crippen molar-refractivity contribution in [1.82, 2.24) is 5.32 Å². The molecule has 0 fully saturated rings. The molecule has 3 rings (SSSR count). The summed E-state index contributed by atoms with van der Waals surface area (Å²) in [4.78, 5) is 12.3. The number of amides is 1. The highest BCUT2D eigenvalue weighted by Crippen LogP contribution is 2.18. The molecule has 0 spiro atoms. The summed E-state index contributed by atoms with van der Waals surface area (Å²) in [7, 11) is 0. The summed E-state index contributed by atoms with van der Waals surface area (Å²) in [5.41, 5.74) is 1.97. The summed E-state index contributed by atoms with van der Waals surface area (Å²) in [6, 6.07) is 24.0. The predicted octanol–water partition coefficient (Wildman–Crippen LogP) is 3.81. The van der Waals surface area contributed by atoms with E-state index in [0.717, 1.165) is 22.8 Å². The molecule has 3 aromatic rings. The maximum atomic E-state index is 12.3. The van der Waals surface area contributed by atoms with Gasteiger partial charge in [0.05, 0.1) is 0 Å². The quantitative estimate of drug-likeness (QED) is 0.770. The molecule has 2 nitrogen and oxygen atoms in total. The molecule has 104 valence electrons. The molecule has 0 aliphatic rings. The Hall–Kier alpha value is -2.61. The van der Waals surface area contributed by atoms with E-state index < -0.39 is 0 Å². The van der Waals surface area contributed by atoms with Gasteiger partial charge in [0.2, 0.25) is 0 Å². The van der Waals surface area contributed by atoms with E-state index in [9.17, 15) is 4.79 Å². The zero-order chi connectivity index (χ0) is 14.5. The molecule has 0 saturated heterocycles. The molecule has 0 aliphatic heterocycles. The van der Waals surface area contributed by atoms with Gasteiger partial charge in [0.15, 0.2) is 0 Å². The second kappa shape index (κ2) is 6.23. The van der Waals surface area contributed by atoms with Gasteiger partial charge in [0.25, 0.3) is 5.91 Å². The fourth-order valence-corrected chi connectivity index (χ4v) is 2.48. The molecule has 1 amide bonds. The van der Waals surface area contributed by atoms with E-state index in [1.807, 2.05) is 60.7 Å². The minimum atomic E-state index is -0.0114. The smallest absolute Gasteiger partial charge is 0.251 e. The predicted molar refractivity (Wildman–Crippen MR) is 86.4 cm³/mol. The molecule has 0 aromatic heterocycles. The first kappa shape index (κ1) is 13.4. The minimum Gasteiger partial charge on any atom is -0.352 e. The van der Waals surface area contributed by atoms with E-state index in [2.05, 4.69) is 17.4 Å². The third-order valence-corrected chi connectivity index (χ3v) is 3.58. The topological polar surface area (TPSA) is 29.1 Å². The van der Waals surface area contributed by atoms with Crippen LogP contribution in [0.2, 0.25) is 0 Å². The summed E-state index contributed by atoms with van der Waals surface area (Å²) in [6.07, 6.45) is 0.845. The Kier molecular flexibility index (Phi) is 3.97. The maximum absolute atomic E-state index is 12.3. The average Bonchev–Trinajstić information content (AvgIpc) is 2.55. The largest absolute Gasteiger partial charge is 0.352 e. The first-order chi connectivity index (χ1) is 10.3. The summed E-state index contributed by atoms with van der Waals surface area (Å²) < 4.78 is 0. The Morgan fingerprint density at radius 2 is 1.52 bits per heavy atom. The molecular weight excluding hydrogens is 258 g/mol. The average molecular weight is 275 g/mol. The molecule has 3 aromatic carbocycles. The van der Waals surface area contributed by atoms with Crippen molar-refractivity contribution >= 4 is 16.7 Å². The van der Waals surface area contributed by atoms with Gasteiger partial charge in [-0.1, -0.05) is 66.7 Å². The summed E-state index contributed by atoms with van der Waals surface area (Å²) >= 11 is 0. The molecule has 2 heteroatoms. The number of fused-ring (bicyclic) bond motifs is 1. The third-order valence-electron chi connectivity index (χ3n) is 3.58. The highest BCUT2D eigenvalue weighted by atomic mass is 16.1. The van der Waals surface area contributed by atoms with Gasteiger partial charge in [0, 0.05) is 12.1 Å². The van der Waals surface area contributed by atoms with E-state index >= 15 is 0 Å². The van der Waals surface area contributed by atoms with E-state index in [4.69, 9.17) is 0 Å². The molecule has 0 aliphatic carbocycles. The fraction of sp³-hybridized carbons (Fsp3) is 0.105. The van der Waals surface area contributed by atoms with Crippen molar-refractivity contribution in [3.05, 3.63) is 83.9 Å². The first-order valence-corrected chi connectivity index (χ1v) is 7.14. The maximum Gasteiger partial charge on any atom is 0.251 e. The van der Waals surface area contributed by atoms with Crippen LogP contribution in [0.1, 0.15) is 15.9 Å². The highest BCUT2D eigenvalue weighted by Gasteiger charge is 2.08. The van der Waals surface area contributed by atoms with E-state index in [-0.39, 0.29) is 5.91 Å². The first-order valence-electron chi connectivity index (χ1n) is 7.14. The van der Waals surface area contributed by atoms with Gasteiger partial charge in [-0.3, -0.25) is 4.79 Å². The lowest BCUT2D eigenvalue weighted by Gasteiger charge is -2.08. The van der Waals surface area contributed by atoms with Crippen LogP contribution in [0.3, 0.4) is 0 Å². The van der Waals surface area contributed by atoms with Gasteiger partial charge in [0.1, 0.15) is 0 Å². The molecule has 0 saturated carbocycles. The van der Waals surface area contributed by atoms with Gasteiger partial charge in [-0.05, 0) is 28.8 Å². The molecular formula is C19H17NO. The molecule has 0 atom stereocenters. The molecule has 0 bridgehead atoms. The summed E-state index contributed by atoms with van der Waals surface area (Å²) in [6.45, 7) is 0.645. The van der Waals surface area contributed by atoms with Crippen LogP contribution in [0, 0.1) is 0 Å². The molecule has 0 unspecified atom stereocenters. The van der Waals surface area contributed by atoms with E-state index in [1.54, 1.807) is 0 Å². The summed E-state index contributed by atoms with van der Waals surface area (Å²) in [5, 5.41) is 5.09. The van der Waals surface area contributed by atoms with Crippen LogP contribution < -0.4 is 5.32 Å². The lowest BCUT2D eigenvalue weighted by atomic mass is 10.0. The number of benzene rings is 3. The van der Waals surface area contributed by atoms with E-state index in [0.29, 0.717) is 6.54 Å². The third kappa shape index (κ3) is 3.11. The van der Waals surface area contributed by atoms with Crippen molar-refractivity contribution in [1.29, 1.82) is 0 Å². The molecule has 0 heterocycles. The Morgan fingerprint density at radius 1 is 0.810 bits per heavy atom. The number of hydrogen-bond donors (Lipinski definition) is 1. The zero-order valence-corrected chi connectivity index (χ0v) is 11.8. The van der Waals surface area contributed by atoms with Crippen molar-refractivity contribution in [3.63, 3.8) is 0 Å². The number of rotatable bonds is 4. The zero-order valence-electron chi connectivity index (χ0n) is 11.8. The lowest BCUT2D eigenvalue weighted by molar-refractivity contribution is 0.0956. The van der Waals surface area contributed by atoms with Crippen molar-refractivity contribution < 1.29 is 4.79 Å². The van der Waals surface area contributed by atoms with Crippen LogP contribution in [-0.2, 0) is 6.42 Å². The Balaban J connectivity index is 1.70. The normalized spacial score (nSPS) is 10.5. The number of carbonyl (C=O) groups is 1. The van der Waals surface area contributed by atoms with Crippen LogP contribution in [0.5, 0.6) is 0 Å². The van der Waals surface area contributed by atoms with Gasteiger partial charge in [-0.2, -0.15) is 0 Å². The molecule has 1 N–H and O–H groups in total. The van der Waals surface area contributed by atoms with Crippen molar-refractivity contribution in [3.8, 4) is 0 Å². The molecule has 21 heavy (non-hydrogen) atoms. The Bertz CT molecular complexity index is 744. The monoisotopic (exact) mass is 275 g/mol. The highest BCUT2D eigenvalue weighted by molar-refractivity contribution is 6.06. The SMILES string of the molecule is O=C(NCCc1ccccc1)c1cccc2ccccc12. The van der Waals surface area contributed by atoms with Crippen LogP contribution in [0.4, 0.5) is 0 Å². The minimum absolute atomic E-state index is 0.0114. The van der Waals surface area contributed by atoms with Crippen LogP contribution in [0.25, 0.3) is 10.8 Å². The second-order valence-corrected chi connectivity index (χ2v) is 5.02. The lowest BCUT2D eigenvalue weighted by Crippen LogP contribution is -2.25. The Labute approximate surface area is 124 Å². The van der Waals surface area contributed by atoms with Crippen LogP contribution in [0.15, 0.2) is 72.8 Å². The Morgan fingerprint density at radius 3 is 2.38 bits per heavy atom. The molecule has 0 radical (unpaired) electrons. The van der Waals surface area contributed by atoms with Crippen molar-refractivity contribution in [2.45, 2.75) is 6.42 Å². The number of carbonyl (C=O) groups excluding carboxylic acids is 1. The number of hydrogen-bond acceptors (Lipinski definition) is 1. The van der Waals surface area contributed by atoms with E-state index in [1.165, 1.54) is 5.56 Å². The summed E-state index contributed by atoms with van der Waals surface area (Å²) in [5.74, 6) is -0.0114. The van der Waals surface area contributed by atoms with Gasteiger partial charge < -0.3 is 5.32 Å². The second-order valence-electron chi connectivity index (χ2n) is 5.02. The van der Waals surface area contributed by atoms with Crippen LogP contribution >= 0.6 is 0 Å². The van der Waals surface area contributed by atoms with Crippen molar-refractivity contribution in [2.75, 3.05) is 6.54 Å². The van der Waals surface area contributed by atoms with Crippen LogP contribution in [-0.4, -0.2) is 12.5 Å². The fourth-order valence-electron chi connectivity index (χ4n) is 2.48. The van der Waals surface area contributed by atoms with Gasteiger partial charge >= 0.3 is 0 Å². The van der Waals surface area contributed by atoms with Crippen molar-refractivity contribution in [2.24, 2.45) is 0 Å². The number of nitrogens with one attached hydrogen (secondary N) is 1. The van der Waals surface area contributed by atoms with Gasteiger partial charge in [-0.15, -0.1) is 0 Å². The van der Waals surface area contributed by atoms with Gasteiger partial charge in [-0.25, -0.2) is 0 Å². The standard InChI is InChI=1S/C19H17NO/c21-19(20-14-13-15-7-2-1-3-8-15)18-12-6-10-16-9-4-5-11-17(16)18/h1-12H,13-14H2,(H,20,21).